The van der Waals surface area contributed by atoms with Gasteiger partial charge < -0.3 is 16.0 Å². The van der Waals surface area contributed by atoms with E-state index in [1.807, 2.05) is 24.3 Å². The molecular weight excluding hydrogens is 372 g/mol. The van der Waals surface area contributed by atoms with Gasteiger partial charge in [0.05, 0.1) is 10.5 Å². The van der Waals surface area contributed by atoms with Crippen molar-refractivity contribution in [3.63, 3.8) is 0 Å². The molecule has 1 fully saturated rings. The van der Waals surface area contributed by atoms with E-state index < -0.39 is 14.9 Å². The number of sulfone groups is 1. The summed E-state index contributed by atoms with van der Waals surface area (Å²) in [5, 5.41) is 12.9. The van der Waals surface area contributed by atoms with Crippen molar-refractivity contribution < 1.29 is 8.42 Å². The molecule has 4 rings (SSSR count). The third-order valence-corrected chi connectivity index (χ3v) is 6.74. The van der Waals surface area contributed by atoms with Crippen molar-refractivity contribution in [1.29, 1.82) is 5.41 Å². The second-order valence-corrected chi connectivity index (χ2v) is 8.64. The van der Waals surface area contributed by atoms with Crippen molar-refractivity contribution in [3.8, 4) is 0 Å². The van der Waals surface area contributed by atoms with Crippen molar-refractivity contribution in [1.82, 2.24) is 5.32 Å². The molecule has 0 spiro atoms. The number of rotatable bonds is 3. The maximum absolute atomic E-state index is 13.4. The molecule has 6 nitrogen and oxygen atoms in total. The van der Waals surface area contributed by atoms with Crippen LogP contribution in [0.15, 0.2) is 65.6 Å². The van der Waals surface area contributed by atoms with Gasteiger partial charge in [-0.25, -0.2) is 8.42 Å². The van der Waals surface area contributed by atoms with Crippen LogP contribution in [0.3, 0.4) is 0 Å². The summed E-state index contributed by atoms with van der Waals surface area (Å²) in [6.07, 6.45) is 0. The highest BCUT2D eigenvalue weighted by molar-refractivity contribution is 8.07. The van der Waals surface area contributed by atoms with Gasteiger partial charge >= 0.3 is 0 Å². The van der Waals surface area contributed by atoms with Crippen molar-refractivity contribution in [2.75, 3.05) is 36.8 Å². The predicted molar refractivity (Wildman–Crippen MR) is 114 cm³/mol. The Hall–Kier alpha value is -2.90. The normalized spacial score (nSPS) is 14.9. The summed E-state index contributed by atoms with van der Waals surface area (Å²) in [5.41, 5.74) is 7.43. The highest BCUT2D eigenvalue weighted by Crippen LogP contribution is 2.32. The molecule has 1 aliphatic rings. The lowest BCUT2D eigenvalue weighted by Crippen LogP contribution is -2.44. The molecule has 0 radical (unpaired) electrons. The summed E-state index contributed by atoms with van der Waals surface area (Å²) >= 11 is 0. The zero-order valence-electron chi connectivity index (χ0n) is 15.4. The zero-order chi connectivity index (χ0) is 19.7. The fourth-order valence-corrected chi connectivity index (χ4v) is 5.09. The molecule has 3 aromatic rings. The van der Waals surface area contributed by atoms with Crippen LogP contribution < -0.4 is 16.0 Å². The third-order valence-electron chi connectivity index (χ3n) is 5.07. The lowest BCUT2D eigenvalue weighted by atomic mass is 10.1. The molecule has 144 valence electrons. The molecule has 0 unspecified atom stereocenters. The monoisotopic (exact) mass is 394 g/mol. The van der Waals surface area contributed by atoms with Crippen LogP contribution in [0, 0.1) is 5.41 Å². The van der Waals surface area contributed by atoms with Gasteiger partial charge in [-0.3, -0.25) is 5.41 Å². The molecule has 1 aliphatic heterocycles. The van der Waals surface area contributed by atoms with Crippen LogP contribution in [0.4, 0.5) is 11.4 Å². The standard InChI is InChI=1S/C21H22N4O2S/c22-17-8-4-9-18(25-13-11-24-12-14-25)20(17)21(23)28(26,27)19-10-3-6-15-5-1-2-7-16(15)19/h1-10,23-24H,11-14,22H2. The fraction of sp³-hybridized carbons (Fsp3) is 0.190. The SMILES string of the molecule is N=C(c1c(N)cccc1N1CCNCC1)S(=O)(=O)c1cccc2ccccc12. The molecular formula is C21H22N4O2S. The molecule has 1 saturated heterocycles. The first-order valence-electron chi connectivity index (χ1n) is 9.16. The first-order valence-corrected chi connectivity index (χ1v) is 10.6. The van der Waals surface area contributed by atoms with E-state index >= 15 is 0 Å². The smallest absolute Gasteiger partial charge is 0.224 e. The summed E-state index contributed by atoms with van der Waals surface area (Å²) in [5.74, 6) is 0. The van der Waals surface area contributed by atoms with Gasteiger partial charge in [0.15, 0.2) is 5.04 Å². The quantitative estimate of drug-likeness (QED) is 0.360. The Balaban J connectivity index is 1.85. The number of nitrogens with one attached hydrogen (secondary N) is 2. The van der Waals surface area contributed by atoms with Crippen molar-refractivity contribution in [3.05, 3.63) is 66.2 Å². The minimum Gasteiger partial charge on any atom is -0.398 e. The van der Waals surface area contributed by atoms with E-state index in [0.29, 0.717) is 16.8 Å². The highest BCUT2D eigenvalue weighted by Gasteiger charge is 2.29. The number of piperazine rings is 1. The number of nitrogens with two attached hydrogens (primary N) is 1. The van der Waals surface area contributed by atoms with Crippen molar-refractivity contribution in [2.24, 2.45) is 0 Å². The summed E-state index contributed by atoms with van der Waals surface area (Å²) in [6.45, 7) is 3.07. The second-order valence-electron chi connectivity index (χ2n) is 6.79. The van der Waals surface area contributed by atoms with E-state index in [9.17, 15) is 8.42 Å². The van der Waals surface area contributed by atoms with E-state index in [2.05, 4.69) is 10.2 Å². The number of benzene rings is 3. The minimum atomic E-state index is -4.04. The molecule has 0 saturated carbocycles. The number of fused-ring (bicyclic) bond motifs is 1. The number of hydrogen-bond donors (Lipinski definition) is 3. The Morgan fingerprint density at radius 2 is 1.64 bits per heavy atom. The van der Waals surface area contributed by atoms with Crippen LogP contribution in [0.1, 0.15) is 5.56 Å². The first-order chi connectivity index (χ1) is 13.5. The minimum absolute atomic E-state index is 0.130. The topological polar surface area (TPSA) is 99.3 Å². The van der Waals surface area contributed by atoms with Gasteiger partial charge in [0, 0.05) is 42.9 Å². The van der Waals surface area contributed by atoms with Crippen LogP contribution in [0.2, 0.25) is 0 Å². The molecule has 0 aliphatic carbocycles. The zero-order valence-corrected chi connectivity index (χ0v) is 16.2. The second kappa shape index (κ2) is 7.26. The summed E-state index contributed by atoms with van der Waals surface area (Å²) in [4.78, 5) is 2.21. The number of hydrogen-bond acceptors (Lipinski definition) is 6. The average molecular weight is 395 g/mol. The lowest BCUT2D eigenvalue weighted by molar-refractivity contribution is 0.589. The van der Waals surface area contributed by atoms with Gasteiger partial charge in [0.1, 0.15) is 0 Å². The van der Waals surface area contributed by atoms with E-state index in [4.69, 9.17) is 11.1 Å². The Morgan fingerprint density at radius 1 is 0.964 bits per heavy atom. The Kier molecular flexibility index (Phi) is 4.78. The van der Waals surface area contributed by atoms with Crippen LogP contribution in [-0.2, 0) is 9.84 Å². The molecule has 3 aromatic carbocycles. The molecule has 1 heterocycles. The highest BCUT2D eigenvalue weighted by atomic mass is 32.2. The predicted octanol–water partition coefficient (Wildman–Crippen LogP) is 2.63. The number of nitrogens with zero attached hydrogens (tertiary/aromatic N) is 1. The molecule has 7 heteroatoms. The Morgan fingerprint density at radius 3 is 2.43 bits per heavy atom. The maximum atomic E-state index is 13.4. The van der Waals surface area contributed by atoms with E-state index in [1.165, 1.54) is 0 Å². The van der Waals surface area contributed by atoms with Gasteiger partial charge in [0.25, 0.3) is 0 Å². The molecule has 0 bridgehead atoms. The van der Waals surface area contributed by atoms with E-state index in [1.54, 1.807) is 36.4 Å². The summed E-state index contributed by atoms with van der Waals surface area (Å²) in [6, 6.07) is 17.7. The van der Waals surface area contributed by atoms with Gasteiger partial charge in [-0.15, -0.1) is 0 Å². The fourth-order valence-electron chi connectivity index (χ4n) is 3.65. The van der Waals surface area contributed by atoms with Crippen LogP contribution in [0.25, 0.3) is 10.8 Å². The van der Waals surface area contributed by atoms with E-state index in [-0.39, 0.29) is 10.5 Å². The lowest BCUT2D eigenvalue weighted by Gasteiger charge is -2.31. The average Bonchev–Trinajstić information content (AvgIpc) is 2.73. The summed E-state index contributed by atoms with van der Waals surface area (Å²) in [7, 11) is -4.04. The van der Waals surface area contributed by atoms with Crippen LogP contribution in [-0.4, -0.2) is 39.6 Å². The van der Waals surface area contributed by atoms with E-state index in [0.717, 1.165) is 31.6 Å². The van der Waals surface area contributed by atoms with Crippen LogP contribution in [0.5, 0.6) is 0 Å². The van der Waals surface area contributed by atoms with Crippen LogP contribution >= 0.6 is 0 Å². The molecule has 0 atom stereocenters. The number of nitrogen functional groups attached to an aromatic ring is 1. The van der Waals surface area contributed by atoms with Gasteiger partial charge in [0.2, 0.25) is 9.84 Å². The molecule has 0 aromatic heterocycles. The molecule has 28 heavy (non-hydrogen) atoms. The largest absolute Gasteiger partial charge is 0.398 e. The Bertz CT molecular complexity index is 1150. The van der Waals surface area contributed by atoms with Crippen molar-refractivity contribution >= 4 is 37.0 Å². The number of anilines is 2. The van der Waals surface area contributed by atoms with Gasteiger partial charge in [-0.1, -0.05) is 42.5 Å². The van der Waals surface area contributed by atoms with Gasteiger partial charge in [-0.05, 0) is 23.6 Å². The Labute approximate surface area is 164 Å². The first kappa shape index (κ1) is 18.5. The third kappa shape index (κ3) is 3.12. The molecule has 4 N–H and O–H groups in total. The maximum Gasteiger partial charge on any atom is 0.224 e. The van der Waals surface area contributed by atoms with Gasteiger partial charge in [-0.2, -0.15) is 0 Å². The molecule has 0 amide bonds. The van der Waals surface area contributed by atoms with Crippen molar-refractivity contribution in [2.45, 2.75) is 4.90 Å². The summed E-state index contributed by atoms with van der Waals surface area (Å²) < 4.78 is 26.8.